The van der Waals surface area contributed by atoms with Gasteiger partial charge in [-0.1, -0.05) is 67.4 Å². The van der Waals surface area contributed by atoms with Crippen molar-refractivity contribution in [2.45, 2.75) is 32.9 Å². The zero-order valence-corrected chi connectivity index (χ0v) is 21.4. The summed E-state index contributed by atoms with van der Waals surface area (Å²) in [5.74, 6) is 1.65. The Balaban J connectivity index is 1.48. The number of benzene rings is 2. The number of para-hydroxylation sites is 1. The van der Waals surface area contributed by atoms with Crippen LogP contribution in [0.2, 0.25) is 10.0 Å². The summed E-state index contributed by atoms with van der Waals surface area (Å²) in [4.78, 5) is 18.6. The molecule has 0 unspecified atom stereocenters. The molecule has 0 saturated heterocycles. The third-order valence-corrected chi connectivity index (χ3v) is 7.67. The predicted molar refractivity (Wildman–Crippen MR) is 141 cm³/mol. The largest absolute Gasteiger partial charge is 0.331 e. The standard InChI is InChI=1S/C25H22Cl2N6OS/c1-14(2)20-11-16-23(15-7-3-4-8-17(15)26)28-12-21-31-32-22(33(21)24(16)35-20)13-29-25(34)30-19-10-6-5-9-18(19)27/h3-11,14H,12-13H2,1-2H3,(H2,29,30,34). The number of nitrogens with one attached hydrogen (secondary N) is 2. The molecule has 2 amide bonds. The lowest BCUT2D eigenvalue weighted by molar-refractivity contribution is 0.251. The van der Waals surface area contributed by atoms with Crippen LogP contribution in [0.3, 0.4) is 0 Å². The molecule has 0 bridgehead atoms. The van der Waals surface area contributed by atoms with E-state index in [9.17, 15) is 4.79 Å². The van der Waals surface area contributed by atoms with Gasteiger partial charge < -0.3 is 10.6 Å². The number of halogens is 2. The highest BCUT2D eigenvalue weighted by molar-refractivity contribution is 7.15. The van der Waals surface area contributed by atoms with Gasteiger partial charge >= 0.3 is 6.03 Å². The first kappa shape index (κ1) is 23.5. The average Bonchev–Trinajstić information content (AvgIpc) is 3.41. The van der Waals surface area contributed by atoms with Crippen molar-refractivity contribution in [3.8, 4) is 5.00 Å². The number of nitrogens with zero attached hydrogens (tertiary/aromatic N) is 4. The predicted octanol–water partition coefficient (Wildman–Crippen LogP) is 6.43. The van der Waals surface area contributed by atoms with Gasteiger partial charge in [0.2, 0.25) is 0 Å². The SMILES string of the molecule is CC(C)c1cc2c(s1)-n1c(nnc1CNC(=O)Nc1ccccc1Cl)CN=C2c1ccccc1Cl. The fourth-order valence-corrected chi connectivity index (χ4v) is 5.44. The van der Waals surface area contributed by atoms with Crippen LogP contribution < -0.4 is 10.6 Å². The van der Waals surface area contributed by atoms with E-state index in [0.717, 1.165) is 21.8 Å². The van der Waals surface area contributed by atoms with E-state index in [1.54, 1.807) is 35.6 Å². The summed E-state index contributed by atoms with van der Waals surface area (Å²) in [6.45, 7) is 4.84. The summed E-state index contributed by atoms with van der Waals surface area (Å²) >= 11 is 14.4. The molecular formula is C25H22Cl2N6OS. The van der Waals surface area contributed by atoms with E-state index in [1.165, 1.54) is 4.88 Å². The van der Waals surface area contributed by atoms with Crippen LogP contribution in [-0.2, 0) is 13.1 Å². The van der Waals surface area contributed by atoms with Crippen molar-refractivity contribution in [3.05, 3.63) is 92.3 Å². The quantitative estimate of drug-likeness (QED) is 0.315. The summed E-state index contributed by atoms with van der Waals surface area (Å²) in [6, 6.07) is 16.6. The van der Waals surface area contributed by atoms with Gasteiger partial charge in [0.15, 0.2) is 11.6 Å². The summed E-state index contributed by atoms with van der Waals surface area (Å²) in [6.07, 6.45) is 0. The Labute approximate surface area is 216 Å². The molecule has 10 heteroatoms. The number of hydrogen-bond donors (Lipinski definition) is 2. The number of carbonyl (C=O) groups is 1. The normalized spacial score (nSPS) is 12.5. The molecule has 1 aliphatic rings. The lowest BCUT2D eigenvalue weighted by Crippen LogP contribution is -2.29. The van der Waals surface area contributed by atoms with Gasteiger partial charge in [0.05, 0.1) is 23.0 Å². The monoisotopic (exact) mass is 524 g/mol. The molecule has 1 aliphatic heterocycles. The molecule has 2 aromatic carbocycles. The zero-order chi connectivity index (χ0) is 24.5. The summed E-state index contributed by atoms with van der Waals surface area (Å²) < 4.78 is 2.00. The molecule has 178 valence electrons. The van der Waals surface area contributed by atoms with Crippen LogP contribution >= 0.6 is 34.5 Å². The van der Waals surface area contributed by atoms with Crippen LogP contribution in [0.25, 0.3) is 5.00 Å². The smallest absolute Gasteiger partial charge is 0.319 e. The number of thiophene rings is 1. The Hall–Kier alpha value is -3.20. The lowest BCUT2D eigenvalue weighted by Gasteiger charge is -2.11. The second kappa shape index (κ2) is 9.81. The van der Waals surface area contributed by atoms with Gasteiger partial charge in [-0.15, -0.1) is 21.5 Å². The van der Waals surface area contributed by atoms with Crippen LogP contribution in [0, 0.1) is 0 Å². The fraction of sp³-hybridized carbons (Fsp3) is 0.200. The van der Waals surface area contributed by atoms with E-state index < -0.39 is 0 Å². The maximum atomic E-state index is 12.5. The molecule has 0 atom stereocenters. The van der Waals surface area contributed by atoms with Gasteiger partial charge in [0, 0.05) is 21.0 Å². The number of carbonyl (C=O) groups excluding carboxylic acids is 1. The van der Waals surface area contributed by atoms with Crippen molar-refractivity contribution < 1.29 is 4.79 Å². The Morgan fingerprint density at radius 3 is 2.54 bits per heavy atom. The van der Waals surface area contributed by atoms with Crippen molar-refractivity contribution in [1.82, 2.24) is 20.1 Å². The lowest BCUT2D eigenvalue weighted by atomic mass is 10.0. The molecule has 4 aromatic rings. The number of rotatable bonds is 5. The van der Waals surface area contributed by atoms with Crippen LogP contribution in [0.5, 0.6) is 0 Å². The molecule has 0 saturated carbocycles. The summed E-state index contributed by atoms with van der Waals surface area (Å²) in [5, 5.41) is 16.4. The highest BCUT2D eigenvalue weighted by Crippen LogP contribution is 2.37. The molecule has 5 rings (SSSR count). The summed E-state index contributed by atoms with van der Waals surface area (Å²) in [5.41, 5.74) is 3.22. The number of fused-ring (bicyclic) bond motifs is 3. The van der Waals surface area contributed by atoms with Crippen molar-refractivity contribution in [2.24, 2.45) is 4.99 Å². The molecule has 0 radical (unpaired) electrons. The molecule has 3 heterocycles. The van der Waals surface area contributed by atoms with E-state index in [4.69, 9.17) is 28.2 Å². The minimum absolute atomic E-state index is 0.180. The minimum atomic E-state index is -0.383. The number of aromatic nitrogens is 3. The first-order valence-electron chi connectivity index (χ1n) is 11.1. The van der Waals surface area contributed by atoms with E-state index in [1.807, 2.05) is 28.8 Å². The first-order valence-corrected chi connectivity index (χ1v) is 12.7. The number of aliphatic imine (C=N–C) groups is 1. The number of amides is 2. The van der Waals surface area contributed by atoms with Crippen LogP contribution in [-0.4, -0.2) is 26.5 Å². The van der Waals surface area contributed by atoms with E-state index in [-0.39, 0.29) is 12.6 Å². The van der Waals surface area contributed by atoms with Crippen LogP contribution in [0.1, 0.15) is 47.4 Å². The van der Waals surface area contributed by atoms with Gasteiger partial charge in [-0.25, -0.2) is 4.79 Å². The molecule has 0 fully saturated rings. The molecule has 2 aromatic heterocycles. The first-order chi connectivity index (χ1) is 16.9. The topological polar surface area (TPSA) is 84.2 Å². The second-order valence-corrected chi connectivity index (χ2v) is 10.2. The molecule has 7 nitrogen and oxygen atoms in total. The third-order valence-electron chi connectivity index (χ3n) is 5.59. The Morgan fingerprint density at radius 1 is 1.06 bits per heavy atom. The number of hydrogen-bond acceptors (Lipinski definition) is 5. The van der Waals surface area contributed by atoms with E-state index in [2.05, 4.69) is 40.7 Å². The van der Waals surface area contributed by atoms with Gasteiger partial charge in [-0.3, -0.25) is 9.56 Å². The third kappa shape index (κ3) is 4.69. The molecule has 2 N–H and O–H groups in total. The Kier molecular flexibility index (Phi) is 6.60. The fourth-order valence-electron chi connectivity index (χ4n) is 3.83. The van der Waals surface area contributed by atoms with Crippen molar-refractivity contribution in [2.75, 3.05) is 5.32 Å². The van der Waals surface area contributed by atoms with Gasteiger partial charge in [-0.05, 0) is 30.2 Å². The Bertz CT molecular complexity index is 1440. The van der Waals surface area contributed by atoms with Crippen LogP contribution in [0.15, 0.2) is 59.6 Å². The molecule has 0 spiro atoms. The zero-order valence-electron chi connectivity index (χ0n) is 19.0. The van der Waals surface area contributed by atoms with Gasteiger partial charge in [0.1, 0.15) is 11.5 Å². The highest BCUT2D eigenvalue weighted by Gasteiger charge is 2.27. The van der Waals surface area contributed by atoms with Crippen LogP contribution in [0.4, 0.5) is 10.5 Å². The molecule has 35 heavy (non-hydrogen) atoms. The minimum Gasteiger partial charge on any atom is -0.331 e. The second-order valence-electron chi connectivity index (χ2n) is 8.32. The van der Waals surface area contributed by atoms with Crippen molar-refractivity contribution in [1.29, 1.82) is 0 Å². The average molecular weight is 525 g/mol. The maximum Gasteiger partial charge on any atom is 0.319 e. The van der Waals surface area contributed by atoms with Gasteiger partial charge in [-0.2, -0.15) is 0 Å². The van der Waals surface area contributed by atoms with Gasteiger partial charge in [0.25, 0.3) is 0 Å². The highest BCUT2D eigenvalue weighted by atomic mass is 35.5. The van der Waals surface area contributed by atoms with Crippen molar-refractivity contribution in [3.63, 3.8) is 0 Å². The maximum absolute atomic E-state index is 12.5. The van der Waals surface area contributed by atoms with E-state index >= 15 is 0 Å². The Morgan fingerprint density at radius 2 is 1.80 bits per heavy atom. The molecular weight excluding hydrogens is 503 g/mol. The number of anilines is 1. The summed E-state index contributed by atoms with van der Waals surface area (Å²) in [7, 11) is 0. The number of urea groups is 1. The van der Waals surface area contributed by atoms with Crippen molar-refractivity contribution >= 4 is 52.0 Å². The van der Waals surface area contributed by atoms with E-state index in [0.29, 0.717) is 39.8 Å². The molecule has 0 aliphatic carbocycles.